The predicted molar refractivity (Wildman–Crippen MR) is 110 cm³/mol. The summed E-state index contributed by atoms with van der Waals surface area (Å²) in [5.41, 5.74) is 2.23. The number of fused-ring (bicyclic) bond motifs is 1. The maximum atomic E-state index is 13.1. The Bertz CT molecular complexity index is 1130. The summed E-state index contributed by atoms with van der Waals surface area (Å²) in [4.78, 5) is 9.89. The van der Waals surface area contributed by atoms with Crippen molar-refractivity contribution >= 4 is 26.6 Å². The number of phenols is 1. The van der Waals surface area contributed by atoms with E-state index in [0.717, 1.165) is 16.7 Å². The highest BCUT2D eigenvalue weighted by Gasteiger charge is 2.29. The lowest BCUT2D eigenvalue weighted by Gasteiger charge is -2.27. The molecule has 0 radical (unpaired) electrons. The molecule has 1 saturated heterocycles. The van der Waals surface area contributed by atoms with Gasteiger partial charge in [0.05, 0.1) is 11.2 Å². The summed E-state index contributed by atoms with van der Waals surface area (Å²) >= 11 is 0. The molecule has 2 aromatic carbocycles. The molecule has 0 atom stereocenters. The van der Waals surface area contributed by atoms with Gasteiger partial charge in [-0.2, -0.15) is 4.31 Å². The summed E-state index contributed by atoms with van der Waals surface area (Å²) in [5.74, 6) is 0.204. The van der Waals surface area contributed by atoms with Gasteiger partial charge < -0.3 is 9.94 Å². The first kappa shape index (κ1) is 19.4. The van der Waals surface area contributed by atoms with Crippen LogP contribution in [0.15, 0.2) is 70.8 Å². The second kappa shape index (κ2) is 8.18. The molecule has 8 heteroatoms. The molecular formula is C21H21N3O4S. The van der Waals surface area contributed by atoms with E-state index in [9.17, 15) is 13.5 Å². The van der Waals surface area contributed by atoms with Crippen LogP contribution in [0.25, 0.3) is 10.9 Å². The Morgan fingerprint density at radius 3 is 2.52 bits per heavy atom. The Morgan fingerprint density at radius 1 is 1.03 bits per heavy atom. The van der Waals surface area contributed by atoms with Crippen LogP contribution < -0.4 is 0 Å². The average Bonchev–Trinajstić information content (AvgIpc) is 2.75. The highest BCUT2D eigenvalue weighted by molar-refractivity contribution is 7.89. The molecule has 1 N–H and O–H groups in total. The monoisotopic (exact) mass is 411 g/mol. The van der Waals surface area contributed by atoms with Crippen LogP contribution in [0, 0.1) is 0 Å². The van der Waals surface area contributed by atoms with Gasteiger partial charge in [-0.1, -0.05) is 35.5 Å². The van der Waals surface area contributed by atoms with Crippen LogP contribution in [0.2, 0.25) is 0 Å². The lowest BCUT2D eigenvalue weighted by Crippen LogP contribution is -2.38. The summed E-state index contributed by atoms with van der Waals surface area (Å²) in [6, 6.07) is 15.6. The average molecular weight is 411 g/mol. The van der Waals surface area contributed by atoms with Gasteiger partial charge in [0, 0.05) is 37.5 Å². The number of nitrogens with zero attached hydrogens (tertiary/aromatic N) is 3. The number of benzene rings is 2. The molecule has 2 heterocycles. The summed E-state index contributed by atoms with van der Waals surface area (Å²) in [6.07, 6.45) is 2.65. The van der Waals surface area contributed by atoms with Gasteiger partial charge in [-0.05, 0) is 29.8 Å². The van der Waals surface area contributed by atoms with E-state index in [1.165, 1.54) is 4.31 Å². The second-order valence-corrected chi connectivity index (χ2v) is 8.74. The molecule has 4 rings (SSSR count). The Kier molecular flexibility index (Phi) is 5.46. The van der Waals surface area contributed by atoms with Crippen molar-refractivity contribution in [1.29, 1.82) is 0 Å². The van der Waals surface area contributed by atoms with Crippen LogP contribution in [-0.2, 0) is 21.5 Å². The summed E-state index contributed by atoms with van der Waals surface area (Å²) in [5, 5.41) is 14.3. The lowest BCUT2D eigenvalue weighted by atomic mass is 10.1. The highest BCUT2D eigenvalue weighted by atomic mass is 32.2. The third-order valence-electron chi connectivity index (χ3n) is 4.87. The molecule has 0 saturated carbocycles. The fourth-order valence-corrected chi connectivity index (χ4v) is 4.90. The van der Waals surface area contributed by atoms with Gasteiger partial charge in [-0.3, -0.25) is 4.98 Å². The highest BCUT2D eigenvalue weighted by Crippen LogP contribution is 2.26. The number of sulfonamides is 1. The number of aromatic hydroxyl groups is 1. The first-order chi connectivity index (χ1) is 14.0. The van der Waals surface area contributed by atoms with Gasteiger partial charge in [-0.25, -0.2) is 8.42 Å². The quantitative estimate of drug-likeness (QED) is 0.651. The van der Waals surface area contributed by atoms with E-state index >= 15 is 0 Å². The number of para-hydroxylation sites is 1. The standard InChI is InChI=1S/C21H21N3O4S/c25-19-8-6-16(7-9-19)15-28-23-18-10-13-24(14-11-18)29(26,27)20-5-1-3-17-4-2-12-22-21(17)20/h1-9,12,25H,10-11,13-15H2. The minimum Gasteiger partial charge on any atom is -0.508 e. The van der Waals surface area contributed by atoms with E-state index in [1.54, 1.807) is 48.7 Å². The van der Waals surface area contributed by atoms with E-state index in [1.807, 2.05) is 12.1 Å². The molecule has 0 aliphatic carbocycles. The molecular weight excluding hydrogens is 390 g/mol. The van der Waals surface area contributed by atoms with Crippen molar-refractivity contribution in [2.75, 3.05) is 13.1 Å². The topological polar surface area (TPSA) is 92.1 Å². The first-order valence-electron chi connectivity index (χ1n) is 9.33. The number of oxime groups is 1. The Balaban J connectivity index is 1.41. The number of hydrogen-bond acceptors (Lipinski definition) is 6. The first-order valence-corrected chi connectivity index (χ1v) is 10.8. The third kappa shape index (κ3) is 4.23. The Morgan fingerprint density at radius 2 is 1.76 bits per heavy atom. The number of aromatic nitrogens is 1. The molecule has 29 heavy (non-hydrogen) atoms. The molecule has 1 fully saturated rings. The van der Waals surface area contributed by atoms with Crippen LogP contribution in [0.4, 0.5) is 0 Å². The van der Waals surface area contributed by atoms with E-state index in [2.05, 4.69) is 10.1 Å². The summed E-state index contributed by atoms with van der Waals surface area (Å²) < 4.78 is 27.7. The smallest absolute Gasteiger partial charge is 0.245 e. The van der Waals surface area contributed by atoms with Crippen LogP contribution in [0.1, 0.15) is 18.4 Å². The summed E-state index contributed by atoms with van der Waals surface area (Å²) in [7, 11) is -3.63. The Hall–Kier alpha value is -2.97. The number of piperidine rings is 1. The zero-order chi connectivity index (χ0) is 20.3. The van der Waals surface area contributed by atoms with Crippen molar-refractivity contribution in [1.82, 2.24) is 9.29 Å². The van der Waals surface area contributed by atoms with E-state index < -0.39 is 10.0 Å². The van der Waals surface area contributed by atoms with Gasteiger partial charge in [0.1, 0.15) is 17.3 Å². The molecule has 1 aliphatic heterocycles. The normalized spacial score (nSPS) is 15.4. The third-order valence-corrected chi connectivity index (χ3v) is 6.80. The molecule has 3 aromatic rings. The minimum absolute atomic E-state index is 0.204. The van der Waals surface area contributed by atoms with Crippen molar-refractivity contribution in [3.8, 4) is 5.75 Å². The lowest BCUT2D eigenvalue weighted by molar-refractivity contribution is 0.128. The fraction of sp³-hybridized carbons (Fsp3) is 0.238. The maximum absolute atomic E-state index is 13.1. The van der Waals surface area contributed by atoms with Crippen LogP contribution >= 0.6 is 0 Å². The van der Waals surface area contributed by atoms with Crippen molar-refractivity contribution in [3.05, 3.63) is 66.4 Å². The molecule has 0 bridgehead atoms. The number of pyridine rings is 1. The number of rotatable bonds is 5. The van der Waals surface area contributed by atoms with Crippen LogP contribution in [0.3, 0.4) is 0 Å². The van der Waals surface area contributed by atoms with Gasteiger partial charge in [0.2, 0.25) is 10.0 Å². The molecule has 1 aromatic heterocycles. The number of phenolic OH excluding ortho intramolecular Hbond substituents is 1. The van der Waals surface area contributed by atoms with Gasteiger partial charge in [-0.15, -0.1) is 0 Å². The fourth-order valence-electron chi connectivity index (χ4n) is 3.29. The second-order valence-electron chi connectivity index (χ2n) is 6.83. The van der Waals surface area contributed by atoms with Gasteiger partial charge in [0.25, 0.3) is 0 Å². The van der Waals surface area contributed by atoms with E-state index in [-0.39, 0.29) is 10.6 Å². The van der Waals surface area contributed by atoms with E-state index in [0.29, 0.717) is 38.1 Å². The van der Waals surface area contributed by atoms with Crippen molar-refractivity contribution in [2.45, 2.75) is 24.3 Å². The van der Waals surface area contributed by atoms with Crippen molar-refractivity contribution < 1.29 is 18.4 Å². The molecule has 0 amide bonds. The largest absolute Gasteiger partial charge is 0.508 e. The maximum Gasteiger partial charge on any atom is 0.245 e. The molecule has 7 nitrogen and oxygen atoms in total. The predicted octanol–water partition coefficient (Wildman–Crippen LogP) is 3.30. The van der Waals surface area contributed by atoms with Crippen molar-refractivity contribution in [3.63, 3.8) is 0 Å². The Labute approximate surface area is 169 Å². The zero-order valence-corrected chi connectivity index (χ0v) is 16.5. The van der Waals surface area contributed by atoms with Crippen LogP contribution in [-0.4, -0.2) is 41.6 Å². The molecule has 1 aliphatic rings. The molecule has 150 valence electrons. The van der Waals surface area contributed by atoms with Crippen molar-refractivity contribution in [2.24, 2.45) is 5.16 Å². The SMILES string of the molecule is O=S(=O)(c1cccc2cccnc12)N1CCC(=NOCc2ccc(O)cc2)CC1. The molecule has 0 unspecified atom stereocenters. The summed E-state index contributed by atoms with van der Waals surface area (Å²) in [6.45, 7) is 1.01. The van der Waals surface area contributed by atoms with E-state index in [4.69, 9.17) is 4.84 Å². The van der Waals surface area contributed by atoms with Crippen LogP contribution in [0.5, 0.6) is 5.75 Å². The zero-order valence-electron chi connectivity index (χ0n) is 15.7. The number of hydrogen-bond donors (Lipinski definition) is 1. The minimum atomic E-state index is -3.63. The van der Waals surface area contributed by atoms with Gasteiger partial charge >= 0.3 is 0 Å². The molecule has 0 spiro atoms. The van der Waals surface area contributed by atoms with Gasteiger partial charge in [0.15, 0.2) is 0 Å².